The standard InChI is InChI=1S/C20H18N4O7S2/c21-33(29,30)14-7-5-13(6-8-14)23-17(25)11-31-15-4-2-1-3-12(15)9-16-19(28)24-20(32-16)22-10-18(26)27/h1-9H,10-11H2,(H,23,25)(H,26,27)(H2,21,29,30)(H,22,24,28)/b16-9-. The van der Waals surface area contributed by atoms with Crippen LogP contribution in [0.25, 0.3) is 6.08 Å². The Morgan fingerprint density at radius 1 is 1.18 bits per heavy atom. The van der Waals surface area contributed by atoms with Crippen molar-refractivity contribution in [2.24, 2.45) is 10.1 Å². The van der Waals surface area contributed by atoms with Gasteiger partial charge in [-0.15, -0.1) is 0 Å². The van der Waals surface area contributed by atoms with Crippen molar-refractivity contribution in [1.82, 2.24) is 5.32 Å². The third-order valence-electron chi connectivity index (χ3n) is 4.04. The van der Waals surface area contributed by atoms with Crippen molar-refractivity contribution < 1.29 is 32.6 Å². The number of amidine groups is 1. The Kier molecular flexibility index (Phi) is 7.48. The maximum absolute atomic E-state index is 12.2. The number of hydrogen-bond donors (Lipinski definition) is 4. The van der Waals surface area contributed by atoms with Crippen LogP contribution >= 0.6 is 11.8 Å². The van der Waals surface area contributed by atoms with Crippen molar-refractivity contribution >= 4 is 56.5 Å². The molecule has 1 heterocycles. The average Bonchev–Trinajstić information content (AvgIpc) is 3.10. The Morgan fingerprint density at radius 3 is 2.55 bits per heavy atom. The number of nitrogens with zero attached hydrogens (tertiary/aromatic N) is 1. The first-order chi connectivity index (χ1) is 15.6. The molecule has 0 radical (unpaired) electrons. The number of amides is 2. The van der Waals surface area contributed by atoms with Gasteiger partial charge in [-0.2, -0.15) is 0 Å². The molecule has 0 bridgehead atoms. The normalized spacial score (nSPS) is 16.0. The largest absolute Gasteiger partial charge is 0.483 e. The summed E-state index contributed by atoms with van der Waals surface area (Å²) in [6.07, 6.45) is 1.54. The number of aliphatic imine (C=N–C) groups is 1. The molecular weight excluding hydrogens is 472 g/mol. The quantitative estimate of drug-likeness (QED) is 0.396. The van der Waals surface area contributed by atoms with Gasteiger partial charge in [0.25, 0.3) is 11.8 Å². The SMILES string of the molecule is NS(=O)(=O)c1ccc(NC(=O)COc2ccccc2/C=C2\SC(=NCC(=O)O)NC2=O)cc1. The zero-order valence-corrected chi connectivity index (χ0v) is 18.5. The fourth-order valence-corrected chi connectivity index (χ4v) is 3.91. The molecule has 0 aromatic heterocycles. The van der Waals surface area contributed by atoms with E-state index in [0.717, 1.165) is 11.8 Å². The van der Waals surface area contributed by atoms with Gasteiger partial charge in [0.15, 0.2) is 11.8 Å². The van der Waals surface area contributed by atoms with E-state index < -0.39 is 34.4 Å². The molecule has 11 nitrogen and oxygen atoms in total. The van der Waals surface area contributed by atoms with Crippen LogP contribution in [0.5, 0.6) is 5.75 Å². The van der Waals surface area contributed by atoms with Crippen LogP contribution in [0.15, 0.2) is 63.3 Å². The third kappa shape index (κ3) is 6.90. The van der Waals surface area contributed by atoms with E-state index in [9.17, 15) is 22.8 Å². The van der Waals surface area contributed by atoms with Gasteiger partial charge in [0, 0.05) is 11.3 Å². The van der Waals surface area contributed by atoms with E-state index in [1.165, 1.54) is 24.3 Å². The highest BCUT2D eigenvalue weighted by molar-refractivity contribution is 8.18. The highest BCUT2D eigenvalue weighted by atomic mass is 32.2. The second kappa shape index (κ2) is 10.3. The summed E-state index contributed by atoms with van der Waals surface area (Å²) in [5.41, 5.74) is 0.888. The van der Waals surface area contributed by atoms with Crippen LogP contribution in [0.2, 0.25) is 0 Å². The Bertz CT molecular complexity index is 1260. The van der Waals surface area contributed by atoms with Gasteiger partial charge in [0.2, 0.25) is 10.0 Å². The molecule has 5 N–H and O–H groups in total. The molecular formula is C20H18N4O7S2. The van der Waals surface area contributed by atoms with Gasteiger partial charge >= 0.3 is 5.97 Å². The number of carbonyl (C=O) groups is 3. The lowest BCUT2D eigenvalue weighted by Gasteiger charge is -2.10. The van der Waals surface area contributed by atoms with Gasteiger partial charge in [-0.3, -0.25) is 19.4 Å². The minimum Gasteiger partial charge on any atom is -0.483 e. The lowest BCUT2D eigenvalue weighted by atomic mass is 10.2. The Morgan fingerprint density at radius 2 is 1.88 bits per heavy atom. The molecule has 0 aliphatic carbocycles. The summed E-state index contributed by atoms with van der Waals surface area (Å²) in [5.74, 6) is -1.70. The molecule has 0 spiro atoms. The van der Waals surface area contributed by atoms with E-state index in [1.807, 2.05) is 0 Å². The van der Waals surface area contributed by atoms with Crippen molar-refractivity contribution in [3.05, 3.63) is 59.0 Å². The summed E-state index contributed by atoms with van der Waals surface area (Å²) in [7, 11) is -3.83. The molecule has 2 amide bonds. The number of aliphatic carboxylic acids is 1. The van der Waals surface area contributed by atoms with Gasteiger partial charge in [0.1, 0.15) is 12.3 Å². The average molecular weight is 491 g/mol. The van der Waals surface area contributed by atoms with Gasteiger partial charge in [0.05, 0.1) is 9.80 Å². The molecule has 33 heavy (non-hydrogen) atoms. The van der Waals surface area contributed by atoms with Crippen molar-refractivity contribution in [3.8, 4) is 5.75 Å². The predicted molar refractivity (Wildman–Crippen MR) is 122 cm³/mol. The lowest BCUT2D eigenvalue weighted by Crippen LogP contribution is -2.21. The summed E-state index contributed by atoms with van der Waals surface area (Å²) in [5, 5.41) is 19.0. The molecule has 2 aromatic carbocycles. The highest BCUT2D eigenvalue weighted by Gasteiger charge is 2.24. The van der Waals surface area contributed by atoms with Crippen LogP contribution in [-0.4, -0.2) is 49.6 Å². The molecule has 1 aliphatic rings. The van der Waals surface area contributed by atoms with E-state index in [0.29, 0.717) is 17.0 Å². The van der Waals surface area contributed by atoms with E-state index in [1.54, 1.807) is 30.3 Å². The van der Waals surface area contributed by atoms with Crippen LogP contribution in [0.3, 0.4) is 0 Å². The topological polar surface area (TPSA) is 177 Å². The highest BCUT2D eigenvalue weighted by Crippen LogP contribution is 2.29. The summed E-state index contributed by atoms with van der Waals surface area (Å²) in [6, 6.07) is 12.1. The molecule has 0 saturated carbocycles. The van der Waals surface area contributed by atoms with Crippen LogP contribution in [0, 0.1) is 0 Å². The number of carboxylic acid groups (broad SMARTS) is 1. The van der Waals surface area contributed by atoms with Crippen molar-refractivity contribution in [3.63, 3.8) is 0 Å². The second-order valence-corrected chi connectivity index (χ2v) is 9.12. The van der Waals surface area contributed by atoms with Crippen molar-refractivity contribution in [2.75, 3.05) is 18.5 Å². The summed E-state index contributed by atoms with van der Waals surface area (Å²) in [4.78, 5) is 39.0. The first-order valence-corrected chi connectivity index (χ1v) is 11.6. The molecule has 3 rings (SSSR count). The number of nitrogens with one attached hydrogen (secondary N) is 2. The number of para-hydroxylation sites is 1. The summed E-state index contributed by atoms with van der Waals surface area (Å²) in [6.45, 7) is -0.808. The van der Waals surface area contributed by atoms with Gasteiger partial charge in [-0.25, -0.2) is 13.6 Å². The first-order valence-electron chi connectivity index (χ1n) is 9.23. The van der Waals surface area contributed by atoms with E-state index >= 15 is 0 Å². The maximum atomic E-state index is 12.2. The number of carbonyl (C=O) groups excluding carboxylic acids is 2. The molecule has 1 saturated heterocycles. The van der Waals surface area contributed by atoms with Gasteiger partial charge in [-0.05, 0) is 48.2 Å². The molecule has 1 fully saturated rings. The summed E-state index contributed by atoms with van der Waals surface area (Å²) >= 11 is 0.994. The lowest BCUT2D eigenvalue weighted by molar-refractivity contribution is -0.135. The Hall–Kier alpha value is -3.68. The summed E-state index contributed by atoms with van der Waals surface area (Å²) < 4.78 is 28.2. The molecule has 2 aromatic rings. The van der Waals surface area contributed by atoms with Crippen LogP contribution in [-0.2, 0) is 24.4 Å². The molecule has 13 heteroatoms. The number of ether oxygens (including phenoxy) is 1. The minimum atomic E-state index is -3.83. The molecule has 172 valence electrons. The van der Waals surface area contributed by atoms with E-state index in [4.69, 9.17) is 15.0 Å². The van der Waals surface area contributed by atoms with Crippen molar-refractivity contribution in [2.45, 2.75) is 4.90 Å². The van der Waals surface area contributed by atoms with Gasteiger partial charge in [-0.1, -0.05) is 18.2 Å². The molecule has 0 atom stereocenters. The number of rotatable bonds is 8. The zero-order chi connectivity index (χ0) is 24.0. The minimum absolute atomic E-state index is 0.0799. The number of nitrogens with two attached hydrogens (primary N) is 1. The monoisotopic (exact) mass is 490 g/mol. The number of primary sulfonamides is 1. The number of hydrogen-bond acceptors (Lipinski definition) is 8. The smallest absolute Gasteiger partial charge is 0.325 e. The first kappa shape index (κ1) is 24.0. The van der Waals surface area contributed by atoms with Gasteiger partial charge < -0.3 is 20.5 Å². The maximum Gasteiger partial charge on any atom is 0.325 e. The number of thioether (sulfide) groups is 1. The fourth-order valence-electron chi connectivity index (χ4n) is 2.58. The number of benzene rings is 2. The number of sulfonamides is 1. The second-order valence-electron chi connectivity index (χ2n) is 6.52. The number of carboxylic acids is 1. The zero-order valence-electron chi connectivity index (χ0n) is 16.8. The van der Waals surface area contributed by atoms with Crippen LogP contribution in [0.4, 0.5) is 5.69 Å². The fraction of sp³-hybridized carbons (Fsp3) is 0.100. The van der Waals surface area contributed by atoms with Crippen LogP contribution in [0.1, 0.15) is 5.56 Å². The molecule has 0 unspecified atom stereocenters. The Labute approximate surface area is 192 Å². The van der Waals surface area contributed by atoms with E-state index in [2.05, 4.69) is 15.6 Å². The van der Waals surface area contributed by atoms with E-state index in [-0.39, 0.29) is 21.6 Å². The predicted octanol–water partition coefficient (Wildman–Crippen LogP) is 0.996. The van der Waals surface area contributed by atoms with Crippen molar-refractivity contribution in [1.29, 1.82) is 0 Å². The van der Waals surface area contributed by atoms with Crippen LogP contribution < -0.4 is 20.5 Å². The molecule has 1 aliphatic heterocycles. The Balaban J connectivity index is 1.64. The third-order valence-corrected chi connectivity index (χ3v) is 5.92. The number of anilines is 1.